The Morgan fingerprint density at radius 1 is 0.743 bits per heavy atom. The first-order valence-corrected chi connectivity index (χ1v) is 12.3. The first-order chi connectivity index (χ1) is 16.7. The Bertz CT molecular complexity index is 1490. The number of nitrogens with zero attached hydrogens (tertiary/aromatic N) is 1. The van der Waals surface area contributed by atoms with Gasteiger partial charge in [0.05, 0.1) is 0 Å². The fraction of sp³-hybridized carbons (Fsp3) is 0.200. The average Bonchev–Trinajstić information content (AvgIpc) is 2.82. The topological polar surface area (TPSA) is 43.7 Å². The van der Waals surface area contributed by atoms with Gasteiger partial charge in [0.25, 0.3) is 0 Å². The van der Waals surface area contributed by atoms with Crippen LogP contribution in [0.1, 0.15) is 41.7 Å². The maximum atomic E-state index is 9.95. The van der Waals surface area contributed by atoms with Gasteiger partial charge in [-0.15, -0.1) is 0 Å². The van der Waals surface area contributed by atoms with Gasteiger partial charge in [-0.2, -0.15) is 0 Å². The average molecular weight is 457 g/mol. The summed E-state index contributed by atoms with van der Waals surface area (Å²) in [6, 6.07) is 26.0. The van der Waals surface area contributed by atoms with Crippen LogP contribution < -0.4 is 26.8 Å². The third-order valence-corrected chi connectivity index (χ3v) is 7.97. The molecule has 2 heterocycles. The van der Waals surface area contributed by atoms with E-state index < -0.39 is 7.12 Å². The Hall–Kier alpha value is -3.27. The van der Waals surface area contributed by atoms with Crippen molar-refractivity contribution in [1.82, 2.24) is 0 Å². The monoisotopic (exact) mass is 457 g/mol. The van der Waals surface area contributed by atoms with E-state index in [9.17, 15) is 10.0 Å². The van der Waals surface area contributed by atoms with Gasteiger partial charge in [0, 0.05) is 22.5 Å². The highest BCUT2D eigenvalue weighted by atomic mass is 16.4. The lowest BCUT2D eigenvalue weighted by atomic mass is 9.29. The molecular formula is C30H29B2NO2. The van der Waals surface area contributed by atoms with E-state index in [1.165, 1.54) is 50.0 Å². The van der Waals surface area contributed by atoms with Crippen LogP contribution in [0.3, 0.4) is 0 Å². The van der Waals surface area contributed by atoms with E-state index in [0.29, 0.717) is 5.46 Å². The van der Waals surface area contributed by atoms with Crippen molar-refractivity contribution >= 4 is 52.7 Å². The summed E-state index contributed by atoms with van der Waals surface area (Å²) in [5.74, 6) is 0. The Kier molecular flexibility index (Phi) is 4.83. The zero-order chi connectivity index (χ0) is 24.6. The van der Waals surface area contributed by atoms with Gasteiger partial charge in [0.1, 0.15) is 0 Å². The smallest absolute Gasteiger partial charge is 0.423 e. The molecule has 6 rings (SSSR count). The van der Waals surface area contributed by atoms with Crippen molar-refractivity contribution in [2.75, 3.05) is 4.90 Å². The van der Waals surface area contributed by atoms with Crippen LogP contribution in [0.5, 0.6) is 0 Å². The van der Waals surface area contributed by atoms with Crippen molar-refractivity contribution in [3.63, 3.8) is 0 Å². The lowest BCUT2D eigenvalue weighted by molar-refractivity contribution is 0.425. The first-order valence-electron chi connectivity index (χ1n) is 12.3. The predicted molar refractivity (Wildman–Crippen MR) is 148 cm³/mol. The molecule has 0 aliphatic carbocycles. The summed E-state index contributed by atoms with van der Waals surface area (Å²) >= 11 is 0. The van der Waals surface area contributed by atoms with Crippen molar-refractivity contribution in [2.24, 2.45) is 0 Å². The van der Waals surface area contributed by atoms with Crippen LogP contribution in [-0.4, -0.2) is 23.9 Å². The molecule has 172 valence electrons. The first kappa shape index (κ1) is 22.2. The molecule has 0 amide bonds. The third-order valence-electron chi connectivity index (χ3n) is 7.97. The largest absolute Gasteiger partial charge is 0.488 e. The van der Waals surface area contributed by atoms with Crippen LogP contribution >= 0.6 is 0 Å². The lowest BCUT2D eigenvalue weighted by Gasteiger charge is -2.46. The quantitative estimate of drug-likeness (QED) is 0.401. The molecular weight excluding hydrogens is 428 g/mol. The Morgan fingerprint density at radius 2 is 1.43 bits per heavy atom. The zero-order valence-electron chi connectivity index (χ0n) is 20.9. The van der Waals surface area contributed by atoms with Crippen LogP contribution in [0.2, 0.25) is 0 Å². The molecule has 0 unspecified atom stereocenters. The zero-order valence-corrected chi connectivity index (χ0v) is 20.9. The molecule has 35 heavy (non-hydrogen) atoms. The second-order valence-electron chi connectivity index (χ2n) is 10.7. The van der Waals surface area contributed by atoms with Gasteiger partial charge in [-0.1, -0.05) is 79.0 Å². The van der Waals surface area contributed by atoms with Crippen LogP contribution in [0.25, 0.3) is 0 Å². The van der Waals surface area contributed by atoms with Gasteiger partial charge in [-0.05, 0) is 78.1 Å². The lowest BCUT2D eigenvalue weighted by Crippen LogP contribution is -2.64. The van der Waals surface area contributed by atoms with E-state index in [4.69, 9.17) is 0 Å². The minimum atomic E-state index is -1.48. The molecule has 3 nitrogen and oxygen atoms in total. The van der Waals surface area contributed by atoms with Crippen molar-refractivity contribution in [3.05, 3.63) is 101 Å². The number of benzene rings is 4. The van der Waals surface area contributed by atoms with Crippen LogP contribution in [0, 0.1) is 20.8 Å². The SMILES string of the molecule is Cc1ccc(N2c3ccc(C)cc3B3c4ccc(B(O)O)cc4C(C)(C)c4c(C)ccc2c43)cc1. The summed E-state index contributed by atoms with van der Waals surface area (Å²) in [4.78, 5) is 2.41. The van der Waals surface area contributed by atoms with Crippen molar-refractivity contribution in [2.45, 2.75) is 40.0 Å². The summed E-state index contributed by atoms with van der Waals surface area (Å²) < 4.78 is 0. The van der Waals surface area contributed by atoms with E-state index in [-0.39, 0.29) is 12.1 Å². The van der Waals surface area contributed by atoms with Crippen LogP contribution in [-0.2, 0) is 5.41 Å². The Balaban J connectivity index is 1.73. The number of hydrogen-bond acceptors (Lipinski definition) is 3. The van der Waals surface area contributed by atoms with Gasteiger partial charge in [0.2, 0.25) is 6.71 Å². The molecule has 0 atom stereocenters. The van der Waals surface area contributed by atoms with Gasteiger partial charge in [-0.3, -0.25) is 0 Å². The Labute approximate surface area is 208 Å². The summed E-state index contributed by atoms with van der Waals surface area (Å²) in [5.41, 5.74) is 14.0. The number of aryl methyl sites for hydroxylation is 3. The molecule has 2 aliphatic rings. The van der Waals surface area contributed by atoms with E-state index >= 15 is 0 Å². The van der Waals surface area contributed by atoms with E-state index in [1.54, 1.807) is 0 Å². The second kappa shape index (κ2) is 7.61. The summed E-state index contributed by atoms with van der Waals surface area (Å²) in [5, 5.41) is 19.9. The molecule has 5 heteroatoms. The van der Waals surface area contributed by atoms with E-state index in [2.05, 4.69) is 100 Å². The maximum absolute atomic E-state index is 9.95. The van der Waals surface area contributed by atoms with Gasteiger partial charge in [0.15, 0.2) is 0 Å². The van der Waals surface area contributed by atoms with Gasteiger partial charge in [-0.25, -0.2) is 0 Å². The molecule has 2 aliphatic heterocycles. The number of rotatable bonds is 2. The number of fused-ring (bicyclic) bond motifs is 4. The van der Waals surface area contributed by atoms with Gasteiger partial charge < -0.3 is 14.9 Å². The van der Waals surface area contributed by atoms with E-state index in [0.717, 1.165) is 11.3 Å². The highest BCUT2D eigenvalue weighted by Gasteiger charge is 2.46. The normalized spacial score (nSPS) is 14.8. The number of anilines is 3. The highest BCUT2D eigenvalue weighted by molar-refractivity contribution is 6.99. The molecule has 0 aromatic heterocycles. The Morgan fingerprint density at radius 3 is 2.14 bits per heavy atom. The van der Waals surface area contributed by atoms with Crippen molar-refractivity contribution < 1.29 is 10.0 Å². The molecule has 0 fully saturated rings. The van der Waals surface area contributed by atoms with Crippen molar-refractivity contribution in [3.8, 4) is 0 Å². The summed E-state index contributed by atoms with van der Waals surface area (Å²) in [7, 11) is -1.48. The maximum Gasteiger partial charge on any atom is 0.488 e. The third kappa shape index (κ3) is 3.15. The van der Waals surface area contributed by atoms with E-state index in [1.807, 2.05) is 12.1 Å². The molecule has 0 radical (unpaired) electrons. The minimum Gasteiger partial charge on any atom is -0.423 e. The molecule has 0 spiro atoms. The van der Waals surface area contributed by atoms with Crippen molar-refractivity contribution in [1.29, 1.82) is 0 Å². The fourth-order valence-electron chi connectivity index (χ4n) is 6.39. The second-order valence-corrected chi connectivity index (χ2v) is 10.7. The summed E-state index contributed by atoms with van der Waals surface area (Å²) in [6.45, 7) is 11.1. The molecule has 0 saturated heterocycles. The highest BCUT2D eigenvalue weighted by Crippen LogP contribution is 2.43. The standard InChI is InChI=1S/C30H29B2NO2/c1-18-6-11-22(12-7-18)33-26-14-8-19(2)16-25(26)31-24-13-10-21(32(34)35)17-23(24)30(4,5)28-20(3)9-15-27(33)29(28)31/h6-17,34-35H,1-5H3. The van der Waals surface area contributed by atoms with Crippen LogP contribution in [0.15, 0.2) is 72.8 Å². The fourth-order valence-corrected chi connectivity index (χ4v) is 6.39. The minimum absolute atomic E-state index is 0.0874. The predicted octanol–water partition coefficient (Wildman–Crippen LogP) is 3.23. The van der Waals surface area contributed by atoms with Crippen LogP contribution in [0.4, 0.5) is 17.1 Å². The molecule has 0 bridgehead atoms. The van der Waals surface area contributed by atoms with Gasteiger partial charge >= 0.3 is 7.12 Å². The molecule has 2 N–H and O–H groups in total. The molecule has 0 saturated carbocycles. The molecule has 4 aromatic carbocycles. The summed E-state index contributed by atoms with van der Waals surface area (Å²) in [6.07, 6.45) is 0. The molecule has 4 aromatic rings. The number of hydrogen-bond donors (Lipinski definition) is 2.